The summed E-state index contributed by atoms with van der Waals surface area (Å²) in [4.78, 5) is 14.4. The summed E-state index contributed by atoms with van der Waals surface area (Å²) in [6, 6.07) is 1.97. The van der Waals surface area contributed by atoms with Crippen molar-refractivity contribution in [3.05, 3.63) is 0 Å². The Morgan fingerprint density at radius 2 is 2.00 bits per heavy atom. The van der Waals surface area contributed by atoms with Crippen molar-refractivity contribution in [2.24, 2.45) is 0 Å². The maximum absolute atomic E-state index is 11.8. The zero-order valence-corrected chi connectivity index (χ0v) is 13.0. The molecule has 116 valence electrons. The number of fused-ring (bicyclic) bond motifs is 2. The maximum atomic E-state index is 11.8. The molecule has 2 bridgehead atoms. The van der Waals surface area contributed by atoms with E-state index in [0.717, 1.165) is 0 Å². The summed E-state index contributed by atoms with van der Waals surface area (Å²) in [6.07, 6.45) is 6.33. The number of carbonyl (C=O) groups excluding carboxylic acids is 1. The van der Waals surface area contributed by atoms with Crippen molar-refractivity contribution in [1.82, 2.24) is 15.5 Å². The van der Waals surface area contributed by atoms with E-state index in [2.05, 4.69) is 22.6 Å². The monoisotopic (exact) mass is 283 g/mol. The maximum Gasteiger partial charge on any atom is 0.234 e. The number of nitrogens with zero attached hydrogens (tertiary/aromatic N) is 1. The van der Waals surface area contributed by atoms with Crippen LogP contribution in [0, 0.1) is 0 Å². The topological polar surface area (TPSA) is 53.6 Å². The second kappa shape index (κ2) is 7.38. The Balaban J connectivity index is 1.70. The lowest BCUT2D eigenvalue weighted by Gasteiger charge is -2.47. The summed E-state index contributed by atoms with van der Waals surface area (Å²) in [5.74, 6) is 0.0682. The van der Waals surface area contributed by atoms with Gasteiger partial charge in [0.25, 0.3) is 0 Å². The highest BCUT2D eigenvalue weighted by molar-refractivity contribution is 5.78. The van der Waals surface area contributed by atoms with E-state index in [1.54, 1.807) is 7.11 Å². The van der Waals surface area contributed by atoms with Crippen LogP contribution in [0.4, 0.5) is 0 Å². The van der Waals surface area contributed by atoms with E-state index in [-0.39, 0.29) is 11.9 Å². The van der Waals surface area contributed by atoms with Crippen LogP contribution in [0.2, 0.25) is 0 Å². The van der Waals surface area contributed by atoms with Gasteiger partial charge in [0.15, 0.2) is 0 Å². The molecular formula is C15H29N3O2. The molecule has 2 rings (SSSR count). The number of piperidine rings is 2. The average Bonchev–Trinajstić information content (AvgIpc) is 2.37. The minimum Gasteiger partial charge on any atom is -0.383 e. The fraction of sp³-hybridized carbons (Fsp3) is 0.933. The van der Waals surface area contributed by atoms with Crippen molar-refractivity contribution >= 4 is 5.91 Å². The Labute approximate surface area is 122 Å². The van der Waals surface area contributed by atoms with Crippen molar-refractivity contribution < 1.29 is 9.53 Å². The SMILES string of the molecule is COCC(C)NC(=O)CNC1CC2CCCC(C1)N2C. The number of methoxy groups -OCH3 is 1. The van der Waals surface area contributed by atoms with Crippen molar-refractivity contribution in [1.29, 1.82) is 0 Å². The number of ether oxygens (including phenoxy) is 1. The zero-order valence-electron chi connectivity index (χ0n) is 13.0. The van der Waals surface area contributed by atoms with Gasteiger partial charge in [-0.05, 0) is 39.7 Å². The molecule has 20 heavy (non-hydrogen) atoms. The van der Waals surface area contributed by atoms with Crippen molar-refractivity contribution in [2.45, 2.75) is 63.2 Å². The molecule has 0 aliphatic carbocycles. The molecule has 0 spiro atoms. The summed E-state index contributed by atoms with van der Waals surface area (Å²) < 4.78 is 5.02. The molecule has 2 aliphatic heterocycles. The molecule has 5 heteroatoms. The number of rotatable bonds is 6. The quantitative estimate of drug-likeness (QED) is 0.755. The van der Waals surface area contributed by atoms with Crippen LogP contribution < -0.4 is 10.6 Å². The lowest BCUT2D eigenvalue weighted by molar-refractivity contribution is -0.121. The zero-order chi connectivity index (χ0) is 14.5. The standard InChI is InChI=1S/C15H29N3O2/c1-11(10-20-3)17-15(19)9-16-12-7-13-5-4-6-14(8-12)18(13)2/h11-14,16H,4-10H2,1-3H3,(H,17,19). The normalized spacial score (nSPS) is 31.9. The van der Waals surface area contributed by atoms with Crippen molar-refractivity contribution in [3.63, 3.8) is 0 Å². The third kappa shape index (κ3) is 4.17. The van der Waals surface area contributed by atoms with Gasteiger partial charge in [0, 0.05) is 31.3 Å². The van der Waals surface area contributed by atoms with Gasteiger partial charge < -0.3 is 20.3 Å². The van der Waals surface area contributed by atoms with Crippen molar-refractivity contribution in [3.8, 4) is 0 Å². The van der Waals surface area contributed by atoms with E-state index in [1.807, 2.05) is 6.92 Å². The predicted octanol–water partition coefficient (Wildman–Crippen LogP) is 0.742. The smallest absolute Gasteiger partial charge is 0.234 e. The Morgan fingerprint density at radius 3 is 2.60 bits per heavy atom. The molecule has 2 fully saturated rings. The lowest BCUT2D eigenvalue weighted by Crippen LogP contribution is -2.55. The fourth-order valence-electron chi connectivity index (χ4n) is 3.64. The third-order valence-electron chi connectivity index (χ3n) is 4.72. The van der Waals surface area contributed by atoms with Crippen LogP contribution in [0.3, 0.4) is 0 Å². The van der Waals surface area contributed by atoms with Crippen molar-refractivity contribution in [2.75, 3.05) is 27.3 Å². The molecule has 2 saturated heterocycles. The van der Waals surface area contributed by atoms with Crippen LogP contribution in [0.15, 0.2) is 0 Å². The Morgan fingerprint density at radius 1 is 1.35 bits per heavy atom. The number of hydrogen-bond donors (Lipinski definition) is 2. The predicted molar refractivity (Wildman–Crippen MR) is 79.7 cm³/mol. The highest BCUT2D eigenvalue weighted by Gasteiger charge is 2.35. The molecule has 0 saturated carbocycles. The molecule has 3 atom stereocenters. The van der Waals surface area contributed by atoms with Gasteiger partial charge in [-0.15, -0.1) is 0 Å². The van der Waals surface area contributed by atoms with Gasteiger partial charge in [0.1, 0.15) is 0 Å². The van der Waals surface area contributed by atoms with Crippen LogP contribution in [0.1, 0.15) is 39.0 Å². The van der Waals surface area contributed by atoms with E-state index in [4.69, 9.17) is 4.74 Å². The van der Waals surface area contributed by atoms with Gasteiger partial charge in [0.05, 0.1) is 13.2 Å². The third-order valence-corrected chi connectivity index (χ3v) is 4.72. The van der Waals surface area contributed by atoms with Gasteiger partial charge in [-0.25, -0.2) is 0 Å². The molecule has 2 aliphatic rings. The van der Waals surface area contributed by atoms with E-state index in [0.29, 0.717) is 31.3 Å². The van der Waals surface area contributed by atoms with Gasteiger partial charge in [-0.1, -0.05) is 6.42 Å². The fourth-order valence-corrected chi connectivity index (χ4v) is 3.64. The van der Waals surface area contributed by atoms with Gasteiger partial charge in [-0.3, -0.25) is 4.79 Å². The van der Waals surface area contributed by atoms with Gasteiger partial charge in [-0.2, -0.15) is 0 Å². The summed E-state index contributed by atoms with van der Waals surface area (Å²) >= 11 is 0. The first-order valence-corrected chi connectivity index (χ1v) is 7.83. The molecular weight excluding hydrogens is 254 g/mol. The molecule has 5 nitrogen and oxygen atoms in total. The summed E-state index contributed by atoms with van der Waals surface area (Å²) in [5.41, 5.74) is 0. The van der Waals surface area contributed by atoms with Crippen LogP contribution in [-0.4, -0.2) is 62.3 Å². The number of carbonyl (C=O) groups is 1. The highest BCUT2D eigenvalue weighted by atomic mass is 16.5. The van der Waals surface area contributed by atoms with E-state index in [9.17, 15) is 4.79 Å². The first-order chi connectivity index (χ1) is 9.60. The Bertz CT molecular complexity index is 310. The number of hydrogen-bond acceptors (Lipinski definition) is 4. The Hall–Kier alpha value is -0.650. The van der Waals surface area contributed by atoms with Crippen LogP contribution in [0.5, 0.6) is 0 Å². The Kier molecular flexibility index (Phi) is 5.81. The van der Waals surface area contributed by atoms with E-state index < -0.39 is 0 Å². The molecule has 1 amide bonds. The second-order valence-corrected chi connectivity index (χ2v) is 6.38. The van der Waals surface area contributed by atoms with Gasteiger partial charge >= 0.3 is 0 Å². The second-order valence-electron chi connectivity index (χ2n) is 6.38. The first kappa shape index (κ1) is 15.7. The molecule has 3 unspecified atom stereocenters. The minimum atomic E-state index is 0.0682. The first-order valence-electron chi connectivity index (χ1n) is 7.83. The molecule has 0 aromatic rings. The van der Waals surface area contributed by atoms with E-state index >= 15 is 0 Å². The summed E-state index contributed by atoms with van der Waals surface area (Å²) in [7, 11) is 3.90. The molecule has 0 aromatic carbocycles. The van der Waals surface area contributed by atoms with E-state index in [1.165, 1.54) is 32.1 Å². The molecule has 2 heterocycles. The summed E-state index contributed by atoms with van der Waals surface area (Å²) in [5, 5.41) is 6.38. The van der Waals surface area contributed by atoms with Gasteiger partial charge in [0.2, 0.25) is 5.91 Å². The molecule has 0 radical (unpaired) electrons. The van der Waals surface area contributed by atoms with Crippen LogP contribution >= 0.6 is 0 Å². The minimum absolute atomic E-state index is 0.0682. The summed E-state index contributed by atoms with van der Waals surface area (Å²) in [6.45, 7) is 2.94. The number of amides is 1. The number of nitrogens with one attached hydrogen (secondary N) is 2. The molecule has 2 N–H and O–H groups in total. The molecule has 0 aromatic heterocycles. The van der Waals surface area contributed by atoms with Crippen LogP contribution in [0.25, 0.3) is 0 Å². The largest absolute Gasteiger partial charge is 0.383 e. The highest BCUT2D eigenvalue weighted by Crippen LogP contribution is 2.32. The average molecular weight is 283 g/mol. The van der Waals surface area contributed by atoms with Crippen LogP contribution in [-0.2, 0) is 9.53 Å². The lowest BCUT2D eigenvalue weighted by atomic mass is 9.82.